The third-order valence-corrected chi connectivity index (χ3v) is 3.56. The van der Waals surface area contributed by atoms with Crippen molar-refractivity contribution < 1.29 is 4.39 Å². The molecule has 0 amide bonds. The number of rotatable bonds is 5. The third-order valence-electron chi connectivity index (χ3n) is 3.56. The van der Waals surface area contributed by atoms with Crippen molar-refractivity contribution in [1.29, 1.82) is 0 Å². The minimum Gasteiger partial charge on any atom is -0.379 e. The molecule has 1 N–H and O–H groups in total. The molecule has 0 fully saturated rings. The van der Waals surface area contributed by atoms with Gasteiger partial charge in [-0.05, 0) is 55.2 Å². The summed E-state index contributed by atoms with van der Waals surface area (Å²) < 4.78 is 13.2. The van der Waals surface area contributed by atoms with Gasteiger partial charge in [0, 0.05) is 11.7 Å². The molecule has 0 spiro atoms. The van der Waals surface area contributed by atoms with Crippen LogP contribution in [0.1, 0.15) is 43.0 Å². The molecular formula is C18H22FN. The molecule has 0 heterocycles. The number of aryl methyl sites for hydroxylation is 2. The SMILES string of the molecule is CCCc1ccc(C(C)Nc2ccc(F)c(C)c2)cc1. The van der Waals surface area contributed by atoms with E-state index in [2.05, 4.69) is 43.4 Å². The quantitative estimate of drug-likeness (QED) is 0.782. The van der Waals surface area contributed by atoms with Crippen LogP contribution in [0.2, 0.25) is 0 Å². The van der Waals surface area contributed by atoms with Gasteiger partial charge >= 0.3 is 0 Å². The van der Waals surface area contributed by atoms with Crippen molar-refractivity contribution in [1.82, 2.24) is 0 Å². The van der Waals surface area contributed by atoms with E-state index in [1.165, 1.54) is 23.6 Å². The Kier molecular flexibility index (Phi) is 4.78. The second kappa shape index (κ2) is 6.56. The van der Waals surface area contributed by atoms with E-state index in [0.29, 0.717) is 5.56 Å². The minimum absolute atomic E-state index is 0.160. The lowest BCUT2D eigenvalue weighted by molar-refractivity contribution is 0.618. The number of anilines is 1. The van der Waals surface area contributed by atoms with Crippen molar-refractivity contribution in [2.75, 3.05) is 5.32 Å². The van der Waals surface area contributed by atoms with Crippen LogP contribution in [-0.4, -0.2) is 0 Å². The van der Waals surface area contributed by atoms with Crippen LogP contribution < -0.4 is 5.32 Å². The van der Waals surface area contributed by atoms with Crippen molar-refractivity contribution in [3.05, 3.63) is 65.0 Å². The van der Waals surface area contributed by atoms with Gasteiger partial charge in [-0.3, -0.25) is 0 Å². The molecule has 2 aromatic rings. The molecule has 1 nitrogen and oxygen atoms in total. The average molecular weight is 271 g/mol. The molecule has 106 valence electrons. The van der Waals surface area contributed by atoms with Crippen molar-refractivity contribution in [2.45, 2.75) is 39.7 Å². The Labute approximate surface area is 120 Å². The van der Waals surface area contributed by atoms with Gasteiger partial charge in [0.1, 0.15) is 5.82 Å². The lowest BCUT2D eigenvalue weighted by Crippen LogP contribution is -2.07. The lowest BCUT2D eigenvalue weighted by atomic mass is 10.0. The van der Waals surface area contributed by atoms with Gasteiger partial charge in [-0.1, -0.05) is 37.6 Å². The van der Waals surface area contributed by atoms with Gasteiger partial charge in [0.2, 0.25) is 0 Å². The summed E-state index contributed by atoms with van der Waals surface area (Å²) in [6.07, 6.45) is 2.29. The highest BCUT2D eigenvalue weighted by atomic mass is 19.1. The summed E-state index contributed by atoms with van der Waals surface area (Å²) in [4.78, 5) is 0. The third kappa shape index (κ3) is 3.60. The highest BCUT2D eigenvalue weighted by Gasteiger charge is 2.06. The molecule has 0 aliphatic rings. The lowest BCUT2D eigenvalue weighted by Gasteiger charge is -2.16. The molecule has 20 heavy (non-hydrogen) atoms. The van der Waals surface area contributed by atoms with Gasteiger partial charge in [0.05, 0.1) is 0 Å². The topological polar surface area (TPSA) is 12.0 Å². The summed E-state index contributed by atoms with van der Waals surface area (Å²) in [5.74, 6) is -0.160. The summed E-state index contributed by atoms with van der Waals surface area (Å²) in [6.45, 7) is 6.09. The number of halogens is 1. The molecular weight excluding hydrogens is 249 g/mol. The molecule has 0 saturated heterocycles. The molecule has 0 saturated carbocycles. The van der Waals surface area contributed by atoms with Crippen LogP contribution in [0.25, 0.3) is 0 Å². The standard InChI is InChI=1S/C18H22FN/c1-4-5-15-6-8-16(9-7-15)14(3)20-17-10-11-18(19)13(2)12-17/h6-12,14,20H,4-5H2,1-3H3. The number of hydrogen-bond donors (Lipinski definition) is 1. The fourth-order valence-electron chi connectivity index (χ4n) is 2.33. The van der Waals surface area contributed by atoms with Crippen molar-refractivity contribution in [2.24, 2.45) is 0 Å². The molecule has 2 aromatic carbocycles. The summed E-state index contributed by atoms with van der Waals surface area (Å²) >= 11 is 0. The molecule has 1 unspecified atom stereocenters. The van der Waals surface area contributed by atoms with E-state index in [0.717, 1.165) is 12.1 Å². The van der Waals surface area contributed by atoms with Crippen molar-refractivity contribution in [3.8, 4) is 0 Å². The summed E-state index contributed by atoms with van der Waals surface area (Å²) in [7, 11) is 0. The molecule has 0 radical (unpaired) electrons. The Bertz CT molecular complexity index is 560. The van der Waals surface area contributed by atoms with E-state index in [-0.39, 0.29) is 11.9 Å². The van der Waals surface area contributed by atoms with Gasteiger partial charge in [0.15, 0.2) is 0 Å². The number of hydrogen-bond acceptors (Lipinski definition) is 1. The van der Waals surface area contributed by atoms with E-state index in [1.54, 1.807) is 13.0 Å². The van der Waals surface area contributed by atoms with Gasteiger partial charge in [0.25, 0.3) is 0 Å². The van der Waals surface area contributed by atoms with E-state index in [4.69, 9.17) is 0 Å². The minimum atomic E-state index is -0.160. The maximum Gasteiger partial charge on any atom is 0.126 e. The first kappa shape index (κ1) is 14.6. The van der Waals surface area contributed by atoms with Crippen molar-refractivity contribution in [3.63, 3.8) is 0 Å². The molecule has 1 atom stereocenters. The van der Waals surface area contributed by atoms with Crippen LogP contribution in [0.5, 0.6) is 0 Å². The van der Waals surface area contributed by atoms with Crippen LogP contribution in [0, 0.1) is 12.7 Å². The Morgan fingerprint density at radius 1 is 1.10 bits per heavy atom. The predicted molar refractivity (Wildman–Crippen MR) is 83.6 cm³/mol. The zero-order valence-corrected chi connectivity index (χ0v) is 12.4. The Morgan fingerprint density at radius 3 is 2.40 bits per heavy atom. The zero-order chi connectivity index (χ0) is 14.5. The van der Waals surface area contributed by atoms with Crippen LogP contribution in [0.4, 0.5) is 10.1 Å². The second-order valence-corrected chi connectivity index (χ2v) is 5.32. The Morgan fingerprint density at radius 2 is 1.80 bits per heavy atom. The highest BCUT2D eigenvalue weighted by molar-refractivity contribution is 5.48. The van der Waals surface area contributed by atoms with Crippen molar-refractivity contribution >= 4 is 5.69 Å². The van der Waals surface area contributed by atoms with Crippen LogP contribution in [0.3, 0.4) is 0 Å². The first-order valence-corrected chi connectivity index (χ1v) is 7.21. The number of nitrogens with one attached hydrogen (secondary N) is 1. The van der Waals surface area contributed by atoms with E-state index >= 15 is 0 Å². The van der Waals surface area contributed by atoms with Gasteiger partial charge in [-0.15, -0.1) is 0 Å². The first-order chi connectivity index (χ1) is 9.60. The van der Waals surface area contributed by atoms with Gasteiger partial charge < -0.3 is 5.32 Å². The smallest absolute Gasteiger partial charge is 0.126 e. The molecule has 0 aromatic heterocycles. The van der Waals surface area contributed by atoms with E-state index in [1.807, 2.05) is 6.07 Å². The average Bonchev–Trinajstić information content (AvgIpc) is 2.44. The van der Waals surface area contributed by atoms with E-state index in [9.17, 15) is 4.39 Å². The van der Waals surface area contributed by atoms with Gasteiger partial charge in [-0.25, -0.2) is 4.39 Å². The predicted octanol–water partition coefficient (Wildman–Crippen LogP) is 5.26. The fraction of sp³-hybridized carbons (Fsp3) is 0.333. The second-order valence-electron chi connectivity index (χ2n) is 5.32. The largest absolute Gasteiger partial charge is 0.379 e. The maximum atomic E-state index is 13.2. The summed E-state index contributed by atoms with van der Waals surface area (Å²) in [5, 5.41) is 3.41. The summed E-state index contributed by atoms with van der Waals surface area (Å²) in [6, 6.07) is 14.0. The summed E-state index contributed by atoms with van der Waals surface area (Å²) in [5.41, 5.74) is 4.24. The zero-order valence-electron chi connectivity index (χ0n) is 12.4. The number of benzene rings is 2. The molecule has 0 aliphatic carbocycles. The molecule has 2 rings (SSSR count). The fourth-order valence-corrected chi connectivity index (χ4v) is 2.33. The highest BCUT2D eigenvalue weighted by Crippen LogP contribution is 2.21. The Hall–Kier alpha value is -1.83. The van der Waals surface area contributed by atoms with Gasteiger partial charge in [-0.2, -0.15) is 0 Å². The maximum absolute atomic E-state index is 13.2. The first-order valence-electron chi connectivity index (χ1n) is 7.21. The Balaban J connectivity index is 2.06. The monoisotopic (exact) mass is 271 g/mol. The van der Waals surface area contributed by atoms with Crippen LogP contribution in [-0.2, 0) is 6.42 Å². The van der Waals surface area contributed by atoms with Crippen LogP contribution >= 0.6 is 0 Å². The van der Waals surface area contributed by atoms with E-state index < -0.39 is 0 Å². The molecule has 0 bridgehead atoms. The molecule has 0 aliphatic heterocycles. The normalized spacial score (nSPS) is 12.2. The van der Waals surface area contributed by atoms with Crippen LogP contribution in [0.15, 0.2) is 42.5 Å². The molecule has 2 heteroatoms.